The van der Waals surface area contributed by atoms with Gasteiger partial charge in [-0.15, -0.1) is 0 Å². The van der Waals surface area contributed by atoms with Crippen molar-refractivity contribution in [2.45, 2.75) is 59.1 Å². The molecule has 1 unspecified atom stereocenters. The Hall–Kier alpha value is -1.99. The lowest BCUT2D eigenvalue weighted by molar-refractivity contribution is -0.141. The number of fused-ring (bicyclic) bond motifs is 1. The molecule has 1 fully saturated rings. The first-order chi connectivity index (χ1) is 14.6. The number of rotatable bonds is 6. The first kappa shape index (κ1) is 22.2. The van der Waals surface area contributed by atoms with Gasteiger partial charge in [0.2, 0.25) is 5.78 Å². The van der Waals surface area contributed by atoms with E-state index in [1.54, 1.807) is 10.8 Å². The zero-order valence-corrected chi connectivity index (χ0v) is 18.8. The SMILES string of the molecule is Cc1cc(C)c(-n2c(Cl)cn3c(CC(CN)CC4CCC4)c(C(F)(F)F)nc23)c(C)c1. The van der Waals surface area contributed by atoms with Gasteiger partial charge in [0.15, 0.2) is 5.69 Å². The number of halogens is 4. The maximum Gasteiger partial charge on any atom is 0.435 e. The summed E-state index contributed by atoms with van der Waals surface area (Å²) in [5, 5.41) is 0.329. The van der Waals surface area contributed by atoms with Crippen LogP contribution >= 0.6 is 11.6 Å². The third-order valence-corrected chi connectivity index (χ3v) is 6.74. The number of hydrogen-bond acceptors (Lipinski definition) is 2. The summed E-state index contributed by atoms with van der Waals surface area (Å²) >= 11 is 6.55. The summed E-state index contributed by atoms with van der Waals surface area (Å²) in [5.74, 6) is 0.732. The molecular weight excluding hydrogens is 425 g/mol. The third-order valence-electron chi connectivity index (χ3n) is 6.47. The predicted molar refractivity (Wildman–Crippen MR) is 117 cm³/mol. The minimum Gasteiger partial charge on any atom is -0.330 e. The van der Waals surface area contributed by atoms with Gasteiger partial charge in [0, 0.05) is 6.20 Å². The first-order valence-corrected chi connectivity index (χ1v) is 11.1. The Bertz CT molecular complexity index is 1090. The van der Waals surface area contributed by atoms with Gasteiger partial charge in [-0.2, -0.15) is 13.2 Å². The summed E-state index contributed by atoms with van der Waals surface area (Å²) < 4.78 is 45.0. The number of alkyl halides is 3. The molecule has 0 aliphatic heterocycles. The van der Waals surface area contributed by atoms with Gasteiger partial charge in [-0.3, -0.25) is 8.97 Å². The minimum absolute atomic E-state index is 0.0173. The maximum atomic E-state index is 14.0. The molecule has 1 aliphatic rings. The van der Waals surface area contributed by atoms with Gasteiger partial charge < -0.3 is 5.73 Å². The molecule has 0 bridgehead atoms. The Morgan fingerprint density at radius 1 is 1.19 bits per heavy atom. The maximum absolute atomic E-state index is 14.0. The zero-order valence-electron chi connectivity index (χ0n) is 18.1. The highest BCUT2D eigenvalue weighted by Gasteiger charge is 2.39. The van der Waals surface area contributed by atoms with Gasteiger partial charge in [0.25, 0.3) is 0 Å². The van der Waals surface area contributed by atoms with E-state index in [0.29, 0.717) is 17.6 Å². The topological polar surface area (TPSA) is 48.2 Å². The Morgan fingerprint density at radius 2 is 1.84 bits per heavy atom. The van der Waals surface area contributed by atoms with Crippen LogP contribution in [0.4, 0.5) is 13.2 Å². The van der Waals surface area contributed by atoms with Crippen LogP contribution in [0.2, 0.25) is 5.15 Å². The van der Waals surface area contributed by atoms with Crippen molar-refractivity contribution in [3.63, 3.8) is 0 Å². The molecular formula is C23H28ClF3N4. The summed E-state index contributed by atoms with van der Waals surface area (Å²) in [4.78, 5) is 4.06. The molecule has 4 nitrogen and oxygen atoms in total. The normalized spacial score (nSPS) is 16.1. The fourth-order valence-corrected chi connectivity index (χ4v) is 5.15. The van der Waals surface area contributed by atoms with E-state index in [-0.39, 0.29) is 23.8 Å². The van der Waals surface area contributed by atoms with E-state index in [2.05, 4.69) is 4.98 Å². The van der Waals surface area contributed by atoms with Crippen LogP contribution in [0.3, 0.4) is 0 Å². The molecule has 2 heterocycles. The molecule has 2 N–H and O–H groups in total. The van der Waals surface area contributed by atoms with Gasteiger partial charge in [-0.25, -0.2) is 4.98 Å². The highest BCUT2D eigenvalue weighted by Crippen LogP contribution is 2.38. The van der Waals surface area contributed by atoms with E-state index >= 15 is 0 Å². The van der Waals surface area contributed by atoms with Crippen molar-refractivity contribution in [3.8, 4) is 5.69 Å². The van der Waals surface area contributed by atoms with Crippen molar-refractivity contribution in [3.05, 3.63) is 51.6 Å². The molecule has 3 aromatic rings. The van der Waals surface area contributed by atoms with Crippen LogP contribution in [0.1, 0.15) is 53.8 Å². The molecule has 1 atom stereocenters. The molecule has 0 saturated heterocycles. The quantitative estimate of drug-likeness (QED) is 0.496. The second kappa shape index (κ2) is 8.17. The Balaban J connectivity index is 1.86. The van der Waals surface area contributed by atoms with Crippen LogP contribution in [-0.4, -0.2) is 20.5 Å². The molecule has 0 amide bonds. The van der Waals surface area contributed by atoms with Crippen molar-refractivity contribution in [2.75, 3.05) is 6.54 Å². The lowest BCUT2D eigenvalue weighted by Crippen LogP contribution is -2.25. The number of hydrogen-bond donors (Lipinski definition) is 1. The largest absolute Gasteiger partial charge is 0.435 e. The van der Waals surface area contributed by atoms with E-state index in [1.165, 1.54) is 10.8 Å². The number of nitrogens with two attached hydrogens (primary N) is 1. The number of aromatic nitrogens is 3. The van der Waals surface area contributed by atoms with Crippen LogP contribution in [0.25, 0.3) is 11.5 Å². The van der Waals surface area contributed by atoms with Crippen LogP contribution in [0.15, 0.2) is 18.3 Å². The summed E-state index contributed by atoms with van der Waals surface area (Å²) in [6.45, 7) is 6.20. The van der Waals surface area contributed by atoms with Crippen LogP contribution in [0, 0.1) is 32.6 Å². The predicted octanol–water partition coefficient (Wildman–Crippen LogP) is 6.03. The molecule has 4 rings (SSSR count). The number of aryl methyl sites for hydroxylation is 3. The highest BCUT2D eigenvalue weighted by molar-refractivity contribution is 6.30. The van der Waals surface area contributed by atoms with E-state index in [9.17, 15) is 13.2 Å². The van der Waals surface area contributed by atoms with Crippen molar-refractivity contribution < 1.29 is 13.2 Å². The van der Waals surface area contributed by atoms with Crippen LogP contribution in [0.5, 0.6) is 0 Å². The number of imidazole rings is 2. The van der Waals surface area contributed by atoms with Crippen LogP contribution < -0.4 is 5.73 Å². The van der Waals surface area contributed by atoms with Crippen LogP contribution in [-0.2, 0) is 12.6 Å². The second-order valence-corrected chi connectivity index (χ2v) is 9.34. The van der Waals surface area contributed by atoms with Gasteiger partial charge in [-0.05, 0) is 63.1 Å². The Kier molecular flexibility index (Phi) is 5.85. The standard InChI is InChI=1S/C23H28ClF3N4/c1-13-7-14(2)20(15(3)8-13)31-19(24)12-30-18(21(23(25,26)27)29-22(30)31)10-17(11-28)9-16-5-4-6-16/h7-8,12,16-17H,4-6,9-11,28H2,1-3H3. The zero-order chi connectivity index (χ0) is 22.5. The van der Waals surface area contributed by atoms with Gasteiger partial charge in [-0.1, -0.05) is 48.6 Å². The Labute approximate surface area is 185 Å². The molecule has 0 radical (unpaired) electrons. The van der Waals surface area contributed by atoms with Crippen molar-refractivity contribution in [1.29, 1.82) is 0 Å². The molecule has 1 aromatic carbocycles. The molecule has 1 saturated carbocycles. The molecule has 168 valence electrons. The van der Waals surface area contributed by atoms with E-state index in [1.807, 2.05) is 32.9 Å². The summed E-state index contributed by atoms with van der Waals surface area (Å²) in [6, 6.07) is 3.99. The van der Waals surface area contributed by atoms with Crippen molar-refractivity contribution in [2.24, 2.45) is 17.6 Å². The van der Waals surface area contributed by atoms with E-state index < -0.39 is 11.9 Å². The fourth-order valence-electron chi connectivity index (χ4n) is 4.90. The molecule has 1 aliphatic carbocycles. The first-order valence-electron chi connectivity index (χ1n) is 10.7. The number of benzene rings is 1. The van der Waals surface area contributed by atoms with Gasteiger partial charge in [0.1, 0.15) is 5.15 Å². The van der Waals surface area contributed by atoms with E-state index in [0.717, 1.165) is 41.6 Å². The second-order valence-electron chi connectivity index (χ2n) is 8.95. The molecule has 2 aromatic heterocycles. The smallest absolute Gasteiger partial charge is 0.330 e. The lowest BCUT2D eigenvalue weighted by Gasteiger charge is -2.29. The van der Waals surface area contributed by atoms with Gasteiger partial charge in [0.05, 0.1) is 11.4 Å². The van der Waals surface area contributed by atoms with Gasteiger partial charge >= 0.3 is 6.18 Å². The molecule has 8 heteroatoms. The van der Waals surface area contributed by atoms with Crippen molar-refractivity contribution >= 4 is 17.4 Å². The van der Waals surface area contributed by atoms with Crippen molar-refractivity contribution in [1.82, 2.24) is 14.0 Å². The number of nitrogens with zero attached hydrogens (tertiary/aromatic N) is 3. The molecule has 0 spiro atoms. The average Bonchev–Trinajstić information content (AvgIpc) is 3.12. The highest BCUT2D eigenvalue weighted by atomic mass is 35.5. The lowest BCUT2D eigenvalue weighted by atomic mass is 9.78. The summed E-state index contributed by atoms with van der Waals surface area (Å²) in [6.07, 6.45) is 1.55. The fraction of sp³-hybridized carbons (Fsp3) is 0.522. The molecule has 31 heavy (non-hydrogen) atoms. The third kappa shape index (κ3) is 4.10. The minimum atomic E-state index is -4.55. The van der Waals surface area contributed by atoms with E-state index in [4.69, 9.17) is 17.3 Å². The Morgan fingerprint density at radius 3 is 2.35 bits per heavy atom. The summed E-state index contributed by atoms with van der Waals surface area (Å²) in [7, 11) is 0. The average molecular weight is 453 g/mol. The monoisotopic (exact) mass is 452 g/mol. The summed E-state index contributed by atoms with van der Waals surface area (Å²) in [5.41, 5.74) is 8.96.